The second-order valence-electron chi connectivity index (χ2n) is 5.47. The summed E-state index contributed by atoms with van der Waals surface area (Å²) in [5, 5.41) is 14.7. The molecule has 0 saturated heterocycles. The zero-order valence-corrected chi connectivity index (χ0v) is 12.7. The summed E-state index contributed by atoms with van der Waals surface area (Å²) in [6.07, 6.45) is 0. The van der Waals surface area contributed by atoms with Crippen molar-refractivity contribution in [1.82, 2.24) is 4.98 Å². The Morgan fingerprint density at radius 2 is 1.91 bits per heavy atom. The lowest BCUT2D eigenvalue weighted by Crippen LogP contribution is -2.12. The summed E-state index contributed by atoms with van der Waals surface area (Å²) >= 11 is 0. The van der Waals surface area contributed by atoms with Crippen molar-refractivity contribution in [3.63, 3.8) is 0 Å². The van der Waals surface area contributed by atoms with E-state index in [4.69, 9.17) is 0 Å². The summed E-state index contributed by atoms with van der Waals surface area (Å²) in [5.74, 6) is -0.375. The molecule has 0 atom stereocenters. The summed E-state index contributed by atoms with van der Waals surface area (Å²) in [7, 11) is 0. The first kappa shape index (κ1) is 14.8. The lowest BCUT2D eigenvalue weighted by molar-refractivity contribution is -0.385. The highest BCUT2D eigenvalue weighted by molar-refractivity contribution is 6.05. The van der Waals surface area contributed by atoms with Crippen LogP contribution in [0.1, 0.15) is 21.6 Å². The van der Waals surface area contributed by atoms with Crippen molar-refractivity contribution < 1.29 is 9.72 Å². The maximum Gasteiger partial charge on any atom is 0.273 e. The summed E-state index contributed by atoms with van der Waals surface area (Å²) in [5.41, 5.74) is 3.40. The number of H-pyrrole nitrogens is 1. The van der Waals surface area contributed by atoms with Crippen LogP contribution in [0.4, 0.5) is 11.4 Å². The predicted molar refractivity (Wildman–Crippen MR) is 88.8 cm³/mol. The number of hydrogen-bond acceptors (Lipinski definition) is 3. The van der Waals surface area contributed by atoms with Crippen molar-refractivity contribution in [2.45, 2.75) is 13.8 Å². The number of benzene rings is 2. The number of carbonyl (C=O) groups excluding carboxylic acids is 1. The number of fused-ring (bicyclic) bond motifs is 1. The van der Waals surface area contributed by atoms with Crippen molar-refractivity contribution >= 4 is 28.2 Å². The number of nitro benzene ring substituents is 1. The van der Waals surface area contributed by atoms with Crippen LogP contribution in [0.15, 0.2) is 42.5 Å². The molecule has 1 heterocycles. The molecule has 1 amide bonds. The minimum Gasteiger partial charge on any atom is -0.359 e. The predicted octanol–water partition coefficient (Wildman–Crippen LogP) is 3.95. The van der Waals surface area contributed by atoms with Crippen molar-refractivity contribution in [2.24, 2.45) is 0 Å². The molecular formula is C17H15N3O3. The smallest absolute Gasteiger partial charge is 0.273 e. The van der Waals surface area contributed by atoms with E-state index in [0.29, 0.717) is 11.3 Å². The van der Waals surface area contributed by atoms with Crippen LogP contribution in [0.25, 0.3) is 10.9 Å². The fourth-order valence-electron chi connectivity index (χ4n) is 2.51. The highest BCUT2D eigenvalue weighted by Crippen LogP contribution is 2.22. The quantitative estimate of drug-likeness (QED) is 0.567. The van der Waals surface area contributed by atoms with Gasteiger partial charge in [0, 0.05) is 39.5 Å². The molecule has 0 aliphatic rings. The largest absolute Gasteiger partial charge is 0.359 e. The molecule has 6 nitrogen and oxygen atoms in total. The zero-order valence-electron chi connectivity index (χ0n) is 12.7. The minimum absolute atomic E-state index is 0.0608. The molecule has 2 aromatic carbocycles. The number of nitrogens with one attached hydrogen (secondary N) is 2. The molecule has 2 N–H and O–H groups in total. The fourth-order valence-corrected chi connectivity index (χ4v) is 2.51. The van der Waals surface area contributed by atoms with Gasteiger partial charge in [-0.15, -0.1) is 0 Å². The minimum atomic E-state index is -0.485. The van der Waals surface area contributed by atoms with Gasteiger partial charge < -0.3 is 10.3 Å². The molecule has 0 bridgehead atoms. The van der Waals surface area contributed by atoms with E-state index in [2.05, 4.69) is 10.3 Å². The number of rotatable bonds is 3. The Morgan fingerprint density at radius 3 is 2.65 bits per heavy atom. The van der Waals surface area contributed by atoms with Crippen LogP contribution in [-0.4, -0.2) is 15.8 Å². The van der Waals surface area contributed by atoms with Crippen LogP contribution in [0.2, 0.25) is 0 Å². The van der Waals surface area contributed by atoms with Crippen LogP contribution in [-0.2, 0) is 0 Å². The van der Waals surface area contributed by atoms with E-state index in [-0.39, 0.29) is 17.2 Å². The standard InChI is InChI=1S/C17H15N3O3/c1-10-3-4-12(9-16(10)20(22)23)17(21)19-14-5-6-15-13(8-14)7-11(2)18-15/h3-9,18H,1-2H3,(H,19,21). The van der Waals surface area contributed by atoms with E-state index < -0.39 is 4.92 Å². The number of carbonyl (C=O) groups is 1. The highest BCUT2D eigenvalue weighted by Gasteiger charge is 2.15. The second-order valence-corrected chi connectivity index (χ2v) is 5.47. The van der Waals surface area contributed by atoms with Crippen LogP contribution in [0.3, 0.4) is 0 Å². The summed E-state index contributed by atoms with van der Waals surface area (Å²) < 4.78 is 0. The summed E-state index contributed by atoms with van der Waals surface area (Å²) in [6, 6.07) is 12.0. The Bertz CT molecular complexity index is 928. The van der Waals surface area contributed by atoms with Gasteiger partial charge in [0.2, 0.25) is 0 Å². The highest BCUT2D eigenvalue weighted by atomic mass is 16.6. The average Bonchev–Trinajstić information content (AvgIpc) is 2.86. The molecule has 0 aliphatic heterocycles. The van der Waals surface area contributed by atoms with Crippen molar-refractivity contribution in [1.29, 1.82) is 0 Å². The van der Waals surface area contributed by atoms with Crippen molar-refractivity contribution in [3.8, 4) is 0 Å². The molecule has 116 valence electrons. The normalized spacial score (nSPS) is 10.7. The Hall–Kier alpha value is -3.15. The number of hydrogen-bond donors (Lipinski definition) is 2. The van der Waals surface area contributed by atoms with Gasteiger partial charge >= 0.3 is 0 Å². The summed E-state index contributed by atoms with van der Waals surface area (Å²) in [4.78, 5) is 26.0. The van der Waals surface area contributed by atoms with Gasteiger partial charge in [-0.1, -0.05) is 6.07 Å². The van der Waals surface area contributed by atoms with E-state index in [9.17, 15) is 14.9 Å². The van der Waals surface area contributed by atoms with E-state index in [1.807, 2.05) is 25.1 Å². The van der Waals surface area contributed by atoms with E-state index in [0.717, 1.165) is 16.6 Å². The number of amides is 1. The SMILES string of the molecule is Cc1cc2cc(NC(=O)c3ccc(C)c([N+](=O)[O-])c3)ccc2[nH]1. The maximum absolute atomic E-state index is 12.3. The number of aryl methyl sites for hydroxylation is 2. The molecule has 3 aromatic rings. The monoisotopic (exact) mass is 309 g/mol. The first-order valence-electron chi connectivity index (χ1n) is 7.10. The first-order chi connectivity index (χ1) is 10.9. The van der Waals surface area contributed by atoms with Gasteiger partial charge in [0.05, 0.1) is 4.92 Å². The molecule has 1 aromatic heterocycles. The Morgan fingerprint density at radius 1 is 1.13 bits per heavy atom. The van der Waals surface area contributed by atoms with Crippen LogP contribution >= 0.6 is 0 Å². The van der Waals surface area contributed by atoms with Crippen molar-refractivity contribution in [3.05, 3.63) is 69.4 Å². The third kappa shape index (κ3) is 2.91. The molecule has 0 fully saturated rings. The molecule has 0 spiro atoms. The molecular weight excluding hydrogens is 294 g/mol. The number of aromatic nitrogens is 1. The van der Waals surface area contributed by atoms with Crippen LogP contribution in [0.5, 0.6) is 0 Å². The lowest BCUT2D eigenvalue weighted by atomic mass is 10.1. The van der Waals surface area contributed by atoms with Crippen molar-refractivity contribution in [2.75, 3.05) is 5.32 Å². The van der Waals surface area contributed by atoms with E-state index in [1.54, 1.807) is 25.1 Å². The van der Waals surface area contributed by atoms with Gasteiger partial charge in [0.25, 0.3) is 11.6 Å². The fraction of sp³-hybridized carbons (Fsp3) is 0.118. The molecule has 0 unspecified atom stereocenters. The first-order valence-corrected chi connectivity index (χ1v) is 7.10. The second kappa shape index (κ2) is 5.57. The van der Waals surface area contributed by atoms with Gasteiger partial charge in [-0.2, -0.15) is 0 Å². The van der Waals surface area contributed by atoms with Gasteiger partial charge in [-0.25, -0.2) is 0 Å². The van der Waals surface area contributed by atoms with Crippen LogP contribution in [0, 0.1) is 24.0 Å². The Balaban J connectivity index is 1.88. The van der Waals surface area contributed by atoms with Gasteiger partial charge in [-0.05, 0) is 44.2 Å². The van der Waals surface area contributed by atoms with Gasteiger partial charge in [0.15, 0.2) is 0 Å². The average molecular weight is 309 g/mol. The molecule has 3 rings (SSSR count). The number of nitro groups is 1. The topological polar surface area (TPSA) is 88.0 Å². The Labute approximate surface area is 132 Å². The molecule has 0 radical (unpaired) electrons. The Kier molecular flexibility index (Phi) is 3.57. The van der Waals surface area contributed by atoms with Crippen LogP contribution < -0.4 is 5.32 Å². The summed E-state index contributed by atoms with van der Waals surface area (Å²) in [6.45, 7) is 3.60. The van der Waals surface area contributed by atoms with Gasteiger partial charge in [-0.3, -0.25) is 14.9 Å². The third-order valence-corrected chi connectivity index (χ3v) is 3.68. The number of nitrogens with zero attached hydrogens (tertiary/aromatic N) is 1. The molecule has 23 heavy (non-hydrogen) atoms. The zero-order chi connectivity index (χ0) is 16.6. The molecule has 0 aliphatic carbocycles. The maximum atomic E-state index is 12.3. The van der Waals surface area contributed by atoms with Gasteiger partial charge in [0.1, 0.15) is 0 Å². The molecule has 6 heteroatoms. The third-order valence-electron chi connectivity index (χ3n) is 3.68. The number of anilines is 1. The van der Waals surface area contributed by atoms with E-state index >= 15 is 0 Å². The molecule has 0 saturated carbocycles. The lowest BCUT2D eigenvalue weighted by Gasteiger charge is -2.06. The number of aromatic amines is 1. The van der Waals surface area contributed by atoms with E-state index in [1.165, 1.54) is 6.07 Å².